The molecule has 140 valence electrons. The molecule has 0 saturated heterocycles. The van der Waals surface area contributed by atoms with E-state index in [1.54, 1.807) is 13.0 Å². The topological polar surface area (TPSA) is 97.6 Å². The van der Waals surface area contributed by atoms with E-state index in [0.29, 0.717) is 28.3 Å². The Labute approximate surface area is 161 Å². The summed E-state index contributed by atoms with van der Waals surface area (Å²) in [4.78, 5) is 23.9. The maximum Gasteiger partial charge on any atom is 0.337 e. The molecule has 1 N–H and O–H groups in total. The number of halogens is 1. The van der Waals surface area contributed by atoms with E-state index in [1.807, 2.05) is 6.07 Å². The highest BCUT2D eigenvalue weighted by Gasteiger charge is 2.19. The van der Waals surface area contributed by atoms with Gasteiger partial charge in [0.15, 0.2) is 17.6 Å². The molecule has 1 unspecified atom stereocenters. The zero-order valence-electron chi connectivity index (χ0n) is 14.9. The van der Waals surface area contributed by atoms with Crippen LogP contribution in [0.3, 0.4) is 0 Å². The van der Waals surface area contributed by atoms with E-state index < -0.39 is 18.0 Å². The fourth-order valence-electron chi connectivity index (χ4n) is 2.18. The van der Waals surface area contributed by atoms with Crippen LogP contribution in [0.15, 0.2) is 36.4 Å². The first kappa shape index (κ1) is 20.1. The van der Waals surface area contributed by atoms with Crippen LogP contribution in [-0.4, -0.2) is 32.2 Å². The van der Waals surface area contributed by atoms with Crippen molar-refractivity contribution in [3.63, 3.8) is 0 Å². The molecule has 0 aliphatic heterocycles. The van der Waals surface area contributed by atoms with Gasteiger partial charge in [0.05, 0.1) is 30.4 Å². The van der Waals surface area contributed by atoms with Crippen molar-refractivity contribution in [2.24, 2.45) is 0 Å². The number of esters is 1. The molecule has 2 aromatic carbocycles. The van der Waals surface area contributed by atoms with Gasteiger partial charge in [0, 0.05) is 5.69 Å². The Morgan fingerprint density at radius 1 is 1.15 bits per heavy atom. The molecule has 0 fully saturated rings. The minimum absolute atomic E-state index is 0.240. The van der Waals surface area contributed by atoms with Crippen LogP contribution in [0, 0.1) is 11.3 Å². The monoisotopic (exact) mass is 388 g/mol. The SMILES string of the molecule is COC(=O)c1ccc(OC(C)C(=O)Nc2ccc(C#N)c(Cl)c2)c(OC)c1. The number of carbonyl (C=O) groups is 2. The Morgan fingerprint density at radius 3 is 2.48 bits per heavy atom. The number of methoxy groups -OCH3 is 2. The number of ether oxygens (including phenoxy) is 3. The number of nitriles is 1. The van der Waals surface area contributed by atoms with E-state index in [9.17, 15) is 9.59 Å². The normalized spacial score (nSPS) is 11.1. The molecule has 7 nitrogen and oxygen atoms in total. The molecule has 2 aromatic rings. The fraction of sp³-hybridized carbons (Fsp3) is 0.211. The molecule has 1 atom stereocenters. The highest BCUT2D eigenvalue weighted by molar-refractivity contribution is 6.32. The predicted octanol–water partition coefficient (Wildman–Crippen LogP) is 3.41. The number of hydrogen-bond donors (Lipinski definition) is 1. The molecular formula is C19H17ClN2O5. The summed E-state index contributed by atoms with van der Waals surface area (Å²) in [6, 6.07) is 11.0. The minimum atomic E-state index is -0.864. The summed E-state index contributed by atoms with van der Waals surface area (Å²) in [5, 5.41) is 11.8. The van der Waals surface area contributed by atoms with E-state index in [-0.39, 0.29) is 5.02 Å². The van der Waals surface area contributed by atoms with Crippen molar-refractivity contribution in [1.29, 1.82) is 5.26 Å². The Morgan fingerprint density at radius 2 is 1.89 bits per heavy atom. The van der Waals surface area contributed by atoms with Gasteiger partial charge in [0.1, 0.15) is 6.07 Å². The van der Waals surface area contributed by atoms with Crippen molar-refractivity contribution in [1.82, 2.24) is 0 Å². The van der Waals surface area contributed by atoms with Gasteiger partial charge in [0.25, 0.3) is 5.91 Å². The molecule has 0 aliphatic carbocycles. The lowest BCUT2D eigenvalue weighted by Gasteiger charge is -2.17. The first-order chi connectivity index (χ1) is 12.9. The summed E-state index contributed by atoms with van der Waals surface area (Å²) in [7, 11) is 2.70. The van der Waals surface area contributed by atoms with Crippen molar-refractivity contribution < 1.29 is 23.8 Å². The lowest BCUT2D eigenvalue weighted by molar-refractivity contribution is -0.122. The maximum absolute atomic E-state index is 12.3. The second kappa shape index (κ2) is 8.92. The number of hydrogen-bond acceptors (Lipinski definition) is 6. The molecule has 0 aliphatic rings. The molecule has 0 bridgehead atoms. The summed E-state index contributed by atoms with van der Waals surface area (Å²) in [5.74, 6) is -0.345. The van der Waals surface area contributed by atoms with Crippen molar-refractivity contribution in [2.75, 3.05) is 19.5 Å². The van der Waals surface area contributed by atoms with E-state index >= 15 is 0 Å². The maximum atomic E-state index is 12.3. The van der Waals surface area contributed by atoms with Gasteiger partial charge in [-0.1, -0.05) is 11.6 Å². The molecular weight excluding hydrogens is 372 g/mol. The van der Waals surface area contributed by atoms with Gasteiger partial charge in [-0.25, -0.2) is 4.79 Å². The molecule has 0 radical (unpaired) electrons. The van der Waals surface area contributed by atoms with Crippen LogP contribution in [0.4, 0.5) is 5.69 Å². The van der Waals surface area contributed by atoms with Crippen LogP contribution in [0.1, 0.15) is 22.8 Å². The van der Waals surface area contributed by atoms with Crippen LogP contribution in [0.2, 0.25) is 5.02 Å². The van der Waals surface area contributed by atoms with Crippen LogP contribution < -0.4 is 14.8 Å². The van der Waals surface area contributed by atoms with Crippen LogP contribution >= 0.6 is 11.6 Å². The van der Waals surface area contributed by atoms with Crippen molar-refractivity contribution in [2.45, 2.75) is 13.0 Å². The van der Waals surface area contributed by atoms with Gasteiger partial charge >= 0.3 is 5.97 Å². The van der Waals surface area contributed by atoms with Crippen LogP contribution in [0.25, 0.3) is 0 Å². The lowest BCUT2D eigenvalue weighted by Crippen LogP contribution is -2.30. The van der Waals surface area contributed by atoms with E-state index in [1.165, 1.54) is 44.6 Å². The van der Waals surface area contributed by atoms with Crippen molar-refractivity contribution in [3.05, 3.63) is 52.5 Å². The molecule has 8 heteroatoms. The van der Waals surface area contributed by atoms with Gasteiger partial charge in [0.2, 0.25) is 0 Å². The zero-order chi connectivity index (χ0) is 20.0. The molecule has 2 rings (SSSR count). The van der Waals surface area contributed by atoms with Gasteiger partial charge in [-0.2, -0.15) is 5.26 Å². The summed E-state index contributed by atoms with van der Waals surface area (Å²) < 4.78 is 15.5. The number of nitrogens with one attached hydrogen (secondary N) is 1. The van der Waals surface area contributed by atoms with Crippen molar-refractivity contribution in [3.8, 4) is 17.6 Å². The third-order valence-corrected chi connectivity index (χ3v) is 3.93. The van der Waals surface area contributed by atoms with Gasteiger partial charge < -0.3 is 19.5 Å². The molecule has 1 amide bonds. The third kappa shape index (κ3) is 4.90. The second-order valence-electron chi connectivity index (χ2n) is 5.41. The molecule has 0 saturated carbocycles. The van der Waals surface area contributed by atoms with E-state index in [4.69, 9.17) is 26.3 Å². The number of rotatable bonds is 6. The van der Waals surface area contributed by atoms with Gasteiger partial charge in [-0.3, -0.25) is 4.79 Å². The molecule has 0 aromatic heterocycles. The molecule has 0 heterocycles. The second-order valence-corrected chi connectivity index (χ2v) is 5.82. The standard InChI is InChI=1S/C19H17ClN2O5/c1-11(18(23)22-14-6-4-13(10-21)15(20)9-14)27-16-7-5-12(19(24)26-3)8-17(16)25-2/h4-9,11H,1-3H3,(H,22,23). The number of nitrogens with zero attached hydrogens (tertiary/aromatic N) is 1. The summed E-state index contributed by atoms with van der Waals surface area (Å²) >= 11 is 5.95. The summed E-state index contributed by atoms with van der Waals surface area (Å²) in [5.41, 5.74) is 1.05. The predicted molar refractivity (Wildman–Crippen MR) is 99.2 cm³/mol. The average Bonchev–Trinajstić information content (AvgIpc) is 2.67. The van der Waals surface area contributed by atoms with E-state index in [2.05, 4.69) is 10.1 Å². The first-order valence-corrected chi connectivity index (χ1v) is 8.21. The highest BCUT2D eigenvalue weighted by Crippen LogP contribution is 2.29. The zero-order valence-corrected chi connectivity index (χ0v) is 15.7. The smallest absolute Gasteiger partial charge is 0.337 e. The Kier molecular flexibility index (Phi) is 6.63. The average molecular weight is 389 g/mol. The highest BCUT2D eigenvalue weighted by atomic mass is 35.5. The number of amides is 1. The van der Waals surface area contributed by atoms with Crippen LogP contribution in [0.5, 0.6) is 11.5 Å². The Balaban J connectivity index is 2.11. The summed E-state index contributed by atoms with van der Waals surface area (Å²) in [6.07, 6.45) is -0.864. The van der Waals surface area contributed by atoms with Crippen molar-refractivity contribution >= 4 is 29.2 Å². The first-order valence-electron chi connectivity index (χ1n) is 7.83. The Bertz CT molecular complexity index is 907. The number of benzene rings is 2. The largest absolute Gasteiger partial charge is 0.493 e. The fourth-order valence-corrected chi connectivity index (χ4v) is 2.40. The quantitative estimate of drug-likeness (QED) is 0.761. The number of anilines is 1. The minimum Gasteiger partial charge on any atom is -0.493 e. The van der Waals surface area contributed by atoms with Gasteiger partial charge in [-0.05, 0) is 43.3 Å². The lowest BCUT2D eigenvalue weighted by atomic mass is 10.2. The molecule has 27 heavy (non-hydrogen) atoms. The number of carbonyl (C=O) groups excluding carboxylic acids is 2. The van der Waals surface area contributed by atoms with Crippen LogP contribution in [-0.2, 0) is 9.53 Å². The third-order valence-electron chi connectivity index (χ3n) is 3.61. The summed E-state index contributed by atoms with van der Waals surface area (Å²) in [6.45, 7) is 1.56. The molecule has 0 spiro atoms. The van der Waals surface area contributed by atoms with Gasteiger partial charge in [-0.15, -0.1) is 0 Å². The Hall–Kier alpha value is -3.24. The van der Waals surface area contributed by atoms with E-state index in [0.717, 1.165) is 0 Å².